The van der Waals surface area contributed by atoms with Gasteiger partial charge in [-0.25, -0.2) is 4.98 Å². The van der Waals surface area contributed by atoms with Gasteiger partial charge >= 0.3 is 0 Å². The van der Waals surface area contributed by atoms with E-state index in [1.165, 1.54) is 11.8 Å². The number of rotatable bonds is 2. The summed E-state index contributed by atoms with van der Waals surface area (Å²) in [5.41, 5.74) is 0.541. The Balaban J connectivity index is 2.30. The van der Waals surface area contributed by atoms with Crippen LogP contribution in [0.4, 0.5) is 0 Å². The largest absolute Gasteiger partial charge is 0.248 e. The minimum Gasteiger partial charge on any atom is -0.248 e. The van der Waals surface area contributed by atoms with Crippen LogP contribution in [0.15, 0.2) is 46.5 Å². The SMILES string of the molecule is N#Cc1cc(Cl)ccc1Sc1ccc(Cl)cn1. The molecule has 0 aliphatic rings. The number of hydrogen-bond acceptors (Lipinski definition) is 3. The molecule has 0 N–H and O–H groups in total. The van der Waals surface area contributed by atoms with Crippen molar-refractivity contribution >= 4 is 35.0 Å². The smallest absolute Gasteiger partial charge is 0.101 e. The molecule has 2 nitrogen and oxygen atoms in total. The molecule has 0 unspecified atom stereocenters. The molecule has 0 amide bonds. The summed E-state index contributed by atoms with van der Waals surface area (Å²) in [5.74, 6) is 0. The van der Waals surface area contributed by atoms with Crippen molar-refractivity contribution in [2.45, 2.75) is 9.92 Å². The third-order valence-electron chi connectivity index (χ3n) is 1.98. The molecule has 2 aromatic rings. The number of benzene rings is 1. The first kappa shape index (κ1) is 12.3. The molecule has 0 aliphatic heterocycles. The summed E-state index contributed by atoms with van der Waals surface area (Å²) in [6.45, 7) is 0. The Labute approximate surface area is 113 Å². The lowest BCUT2D eigenvalue weighted by Crippen LogP contribution is -1.83. The minimum atomic E-state index is 0.541. The molecule has 5 heteroatoms. The molecule has 0 aliphatic carbocycles. The highest BCUT2D eigenvalue weighted by molar-refractivity contribution is 7.99. The van der Waals surface area contributed by atoms with Gasteiger partial charge in [-0.3, -0.25) is 0 Å². The Morgan fingerprint density at radius 1 is 1.12 bits per heavy atom. The van der Waals surface area contributed by atoms with Gasteiger partial charge in [0, 0.05) is 16.1 Å². The van der Waals surface area contributed by atoms with Crippen LogP contribution in [0.5, 0.6) is 0 Å². The molecule has 84 valence electrons. The summed E-state index contributed by atoms with van der Waals surface area (Å²) < 4.78 is 0. The molecule has 17 heavy (non-hydrogen) atoms. The van der Waals surface area contributed by atoms with E-state index in [2.05, 4.69) is 11.1 Å². The first-order valence-electron chi connectivity index (χ1n) is 4.68. The molecule has 1 aromatic carbocycles. The molecule has 0 atom stereocenters. The molecule has 1 aromatic heterocycles. The van der Waals surface area contributed by atoms with Gasteiger partial charge < -0.3 is 0 Å². The van der Waals surface area contributed by atoms with Gasteiger partial charge in [-0.1, -0.05) is 35.0 Å². The lowest BCUT2D eigenvalue weighted by Gasteiger charge is -2.03. The average Bonchev–Trinajstić information content (AvgIpc) is 2.34. The fourth-order valence-electron chi connectivity index (χ4n) is 1.21. The maximum atomic E-state index is 9.00. The summed E-state index contributed by atoms with van der Waals surface area (Å²) in [7, 11) is 0. The lowest BCUT2D eigenvalue weighted by atomic mass is 10.2. The second-order valence-electron chi connectivity index (χ2n) is 3.17. The molecule has 2 rings (SSSR count). The van der Waals surface area contributed by atoms with Crippen molar-refractivity contribution in [1.29, 1.82) is 5.26 Å². The molecular formula is C12H6Cl2N2S. The van der Waals surface area contributed by atoms with E-state index in [9.17, 15) is 0 Å². The van der Waals surface area contributed by atoms with Crippen LogP contribution in [0.25, 0.3) is 0 Å². The molecule has 1 heterocycles. The quantitative estimate of drug-likeness (QED) is 0.818. The number of pyridine rings is 1. The highest BCUT2D eigenvalue weighted by Gasteiger charge is 2.05. The van der Waals surface area contributed by atoms with Crippen molar-refractivity contribution in [2.24, 2.45) is 0 Å². The van der Waals surface area contributed by atoms with E-state index in [1.54, 1.807) is 24.4 Å². The zero-order chi connectivity index (χ0) is 12.3. The highest BCUT2D eigenvalue weighted by Crippen LogP contribution is 2.30. The van der Waals surface area contributed by atoms with Crippen molar-refractivity contribution in [3.63, 3.8) is 0 Å². The molecule has 0 fully saturated rings. The van der Waals surface area contributed by atoms with Crippen molar-refractivity contribution in [1.82, 2.24) is 4.98 Å². The van der Waals surface area contributed by atoms with E-state index in [0.29, 0.717) is 15.6 Å². The molecule has 0 saturated heterocycles. The monoisotopic (exact) mass is 280 g/mol. The summed E-state index contributed by atoms with van der Waals surface area (Å²) >= 11 is 13.0. The predicted octanol–water partition coefficient (Wildman–Crippen LogP) is 4.41. The van der Waals surface area contributed by atoms with Gasteiger partial charge in [-0.05, 0) is 30.3 Å². The normalized spacial score (nSPS) is 9.94. The van der Waals surface area contributed by atoms with Crippen LogP contribution in [0.2, 0.25) is 10.0 Å². The maximum Gasteiger partial charge on any atom is 0.101 e. The summed E-state index contributed by atoms with van der Waals surface area (Å²) in [6, 6.07) is 10.9. The number of nitriles is 1. The number of hydrogen-bond donors (Lipinski definition) is 0. The third kappa shape index (κ3) is 3.13. The lowest BCUT2D eigenvalue weighted by molar-refractivity contribution is 1.13. The van der Waals surface area contributed by atoms with Gasteiger partial charge in [0.2, 0.25) is 0 Å². The molecule has 0 saturated carbocycles. The van der Waals surface area contributed by atoms with E-state index < -0.39 is 0 Å². The summed E-state index contributed by atoms with van der Waals surface area (Å²) in [6.07, 6.45) is 1.58. The van der Waals surface area contributed by atoms with Gasteiger partial charge in [0.25, 0.3) is 0 Å². The number of nitrogens with zero attached hydrogens (tertiary/aromatic N) is 2. The Morgan fingerprint density at radius 2 is 1.88 bits per heavy atom. The minimum absolute atomic E-state index is 0.541. The number of halogens is 2. The van der Waals surface area contributed by atoms with Gasteiger partial charge in [-0.15, -0.1) is 0 Å². The summed E-state index contributed by atoms with van der Waals surface area (Å²) in [4.78, 5) is 4.99. The van der Waals surface area contributed by atoms with Gasteiger partial charge in [0.05, 0.1) is 10.6 Å². The van der Waals surface area contributed by atoms with Gasteiger partial charge in [0.1, 0.15) is 11.1 Å². The number of aromatic nitrogens is 1. The topological polar surface area (TPSA) is 36.7 Å². The first-order chi connectivity index (χ1) is 8.19. The van der Waals surface area contributed by atoms with Crippen LogP contribution in [0, 0.1) is 11.3 Å². The van der Waals surface area contributed by atoms with Crippen LogP contribution >= 0.6 is 35.0 Å². The van der Waals surface area contributed by atoms with Gasteiger partial charge in [0.15, 0.2) is 0 Å². The van der Waals surface area contributed by atoms with Crippen molar-refractivity contribution < 1.29 is 0 Å². The van der Waals surface area contributed by atoms with Crippen LogP contribution in [-0.2, 0) is 0 Å². The first-order valence-corrected chi connectivity index (χ1v) is 6.25. The highest BCUT2D eigenvalue weighted by atomic mass is 35.5. The summed E-state index contributed by atoms with van der Waals surface area (Å²) in [5, 5.41) is 10.9. The molecule has 0 spiro atoms. The fraction of sp³-hybridized carbons (Fsp3) is 0. The molecule has 0 bridgehead atoms. The standard InChI is InChI=1S/C12H6Cl2N2S/c13-9-1-3-11(8(5-9)6-15)17-12-4-2-10(14)7-16-12/h1-5,7H. The fourth-order valence-corrected chi connectivity index (χ4v) is 2.32. The Bertz CT molecular complexity index is 576. The zero-order valence-electron chi connectivity index (χ0n) is 8.52. The van der Waals surface area contributed by atoms with E-state index in [0.717, 1.165) is 9.92 Å². The van der Waals surface area contributed by atoms with E-state index in [-0.39, 0.29) is 0 Å². The van der Waals surface area contributed by atoms with Crippen molar-refractivity contribution in [3.05, 3.63) is 52.1 Å². The third-order valence-corrected chi connectivity index (χ3v) is 3.46. The zero-order valence-corrected chi connectivity index (χ0v) is 10.9. The molecule has 0 radical (unpaired) electrons. The Kier molecular flexibility index (Phi) is 3.90. The predicted molar refractivity (Wildman–Crippen MR) is 69.5 cm³/mol. The average molecular weight is 281 g/mol. The maximum absolute atomic E-state index is 9.00. The second-order valence-corrected chi connectivity index (χ2v) is 5.10. The van der Waals surface area contributed by atoms with Gasteiger partial charge in [-0.2, -0.15) is 5.26 Å². The van der Waals surface area contributed by atoms with Crippen LogP contribution < -0.4 is 0 Å². The van der Waals surface area contributed by atoms with Crippen molar-refractivity contribution in [3.8, 4) is 6.07 Å². The van der Waals surface area contributed by atoms with Crippen LogP contribution in [0.1, 0.15) is 5.56 Å². The van der Waals surface area contributed by atoms with E-state index >= 15 is 0 Å². The Morgan fingerprint density at radius 3 is 2.53 bits per heavy atom. The van der Waals surface area contributed by atoms with Crippen LogP contribution in [0.3, 0.4) is 0 Å². The Hall–Kier alpha value is -1.21. The second kappa shape index (κ2) is 5.42. The van der Waals surface area contributed by atoms with E-state index in [1.807, 2.05) is 12.1 Å². The molecular weight excluding hydrogens is 275 g/mol. The van der Waals surface area contributed by atoms with Crippen molar-refractivity contribution in [2.75, 3.05) is 0 Å². The van der Waals surface area contributed by atoms with Crippen LogP contribution in [-0.4, -0.2) is 4.98 Å². The van der Waals surface area contributed by atoms with E-state index in [4.69, 9.17) is 28.5 Å².